The highest BCUT2D eigenvalue weighted by atomic mass is 32.1. The molecule has 1 rings (SSSR count). The molecule has 104 valence electrons. The Hall–Kier alpha value is -1.89. The van der Waals surface area contributed by atoms with Crippen LogP contribution in [0.5, 0.6) is 0 Å². The highest BCUT2D eigenvalue weighted by molar-refractivity contribution is 7.14. The number of thiophene rings is 1. The minimum atomic E-state index is -0.726. The number of rotatable bonds is 5. The van der Waals surface area contributed by atoms with Crippen LogP contribution in [0.25, 0.3) is 0 Å². The van der Waals surface area contributed by atoms with Gasteiger partial charge in [0.15, 0.2) is 5.78 Å². The number of hydrogen-bond acceptors (Lipinski definition) is 5. The second kappa shape index (κ2) is 7.52. The van der Waals surface area contributed by atoms with Crippen molar-refractivity contribution in [3.05, 3.63) is 21.9 Å². The number of Topliss-reactive ketones (excluding diaryl/α,β-unsaturated/α-hetero) is 1. The molecular formula is C12H16N2O4S. The van der Waals surface area contributed by atoms with Crippen LogP contribution in [0.15, 0.2) is 12.1 Å². The van der Waals surface area contributed by atoms with E-state index < -0.39 is 12.0 Å². The molecule has 6 nitrogen and oxygen atoms in total. The predicted octanol–water partition coefficient (Wildman–Crippen LogP) is 1.80. The van der Waals surface area contributed by atoms with Crippen molar-refractivity contribution >= 4 is 29.1 Å². The van der Waals surface area contributed by atoms with E-state index in [1.54, 1.807) is 13.0 Å². The summed E-state index contributed by atoms with van der Waals surface area (Å²) in [4.78, 5) is 35.7. The van der Waals surface area contributed by atoms with Gasteiger partial charge in [-0.15, -0.1) is 11.3 Å². The number of carbonyl (C=O) groups is 3. The quantitative estimate of drug-likeness (QED) is 0.638. The zero-order chi connectivity index (χ0) is 14.3. The average Bonchev–Trinajstić information content (AvgIpc) is 2.80. The van der Waals surface area contributed by atoms with E-state index in [0.717, 1.165) is 4.88 Å². The van der Waals surface area contributed by atoms with Gasteiger partial charge in [-0.25, -0.2) is 10.2 Å². The minimum Gasteiger partial charge on any atom is -0.449 e. The fraction of sp³-hybridized carbons (Fsp3) is 0.417. The number of ether oxygens (including phenoxy) is 1. The first-order chi connectivity index (χ1) is 9.02. The molecule has 0 fully saturated rings. The zero-order valence-electron chi connectivity index (χ0n) is 10.8. The first-order valence-electron chi connectivity index (χ1n) is 5.84. The van der Waals surface area contributed by atoms with Gasteiger partial charge in [0.25, 0.3) is 0 Å². The molecule has 0 unspecified atom stereocenters. The van der Waals surface area contributed by atoms with Crippen molar-refractivity contribution in [2.45, 2.75) is 26.7 Å². The maximum Gasteiger partial charge on any atom is 0.426 e. The van der Waals surface area contributed by atoms with E-state index in [1.807, 2.05) is 13.0 Å². The molecule has 0 aliphatic heterocycles. The van der Waals surface area contributed by atoms with Gasteiger partial charge in [-0.3, -0.25) is 15.0 Å². The van der Waals surface area contributed by atoms with Gasteiger partial charge in [0.2, 0.25) is 5.91 Å². The van der Waals surface area contributed by atoms with Crippen LogP contribution in [-0.4, -0.2) is 24.4 Å². The van der Waals surface area contributed by atoms with Crippen molar-refractivity contribution in [3.63, 3.8) is 0 Å². The van der Waals surface area contributed by atoms with Crippen LogP contribution in [0, 0.1) is 6.92 Å². The highest BCUT2D eigenvalue weighted by Crippen LogP contribution is 2.17. The lowest BCUT2D eigenvalue weighted by molar-refractivity contribution is -0.121. The molecule has 0 aliphatic rings. The molecule has 1 heterocycles. The minimum absolute atomic E-state index is 0.0161. The Balaban J connectivity index is 2.26. The molecule has 0 saturated carbocycles. The van der Waals surface area contributed by atoms with E-state index >= 15 is 0 Å². The third kappa shape index (κ3) is 5.52. The molecular weight excluding hydrogens is 268 g/mol. The van der Waals surface area contributed by atoms with Gasteiger partial charge in [-0.2, -0.15) is 0 Å². The Labute approximate surface area is 115 Å². The van der Waals surface area contributed by atoms with Crippen molar-refractivity contribution in [1.29, 1.82) is 0 Å². The highest BCUT2D eigenvalue weighted by Gasteiger charge is 2.11. The molecule has 0 aromatic carbocycles. The molecule has 1 aromatic heterocycles. The number of ketones is 1. The lowest BCUT2D eigenvalue weighted by Gasteiger charge is -2.06. The summed E-state index contributed by atoms with van der Waals surface area (Å²) in [6, 6.07) is 3.61. The first kappa shape index (κ1) is 15.2. The van der Waals surface area contributed by atoms with Gasteiger partial charge in [-0.05, 0) is 26.0 Å². The van der Waals surface area contributed by atoms with E-state index in [0.29, 0.717) is 4.88 Å². The van der Waals surface area contributed by atoms with Crippen LogP contribution in [0.1, 0.15) is 34.3 Å². The zero-order valence-corrected chi connectivity index (χ0v) is 11.6. The fourth-order valence-electron chi connectivity index (χ4n) is 1.29. The van der Waals surface area contributed by atoms with Gasteiger partial charge in [0, 0.05) is 17.7 Å². The van der Waals surface area contributed by atoms with Crippen LogP contribution in [0.3, 0.4) is 0 Å². The van der Waals surface area contributed by atoms with Crippen molar-refractivity contribution in [3.8, 4) is 0 Å². The van der Waals surface area contributed by atoms with Crippen molar-refractivity contribution in [2.75, 3.05) is 6.61 Å². The Bertz CT molecular complexity index is 470. The Morgan fingerprint density at radius 2 is 1.95 bits per heavy atom. The van der Waals surface area contributed by atoms with Gasteiger partial charge in [0.1, 0.15) is 0 Å². The van der Waals surface area contributed by atoms with Gasteiger partial charge >= 0.3 is 6.09 Å². The molecule has 0 saturated heterocycles. The molecule has 0 radical (unpaired) electrons. The lowest BCUT2D eigenvalue weighted by Crippen LogP contribution is -2.41. The van der Waals surface area contributed by atoms with Crippen LogP contribution < -0.4 is 10.9 Å². The molecule has 2 N–H and O–H groups in total. The first-order valence-corrected chi connectivity index (χ1v) is 6.65. The van der Waals surface area contributed by atoms with Crippen LogP contribution in [0.2, 0.25) is 0 Å². The summed E-state index contributed by atoms with van der Waals surface area (Å²) in [5, 5.41) is 0. The summed E-state index contributed by atoms with van der Waals surface area (Å²) in [6.07, 6.45) is -0.602. The van der Waals surface area contributed by atoms with E-state index in [2.05, 4.69) is 15.6 Å². The number of hydrogen-bond donors (Lipinski definition) is 2. The van der Waals surface area contributed by atoms with Crippen molar-refractivity contribution in [1.82, 2.24) is 10.9 Å². The second-order valence-electron chi connectivity index (χ2n) is 3.73. The fourth-order valence-corrected chi connectivity index (χ4v) is 2.12. The largest absolute Gasteiger partial charge is 0.449 e. The molecule has 0 bridgehead atoms. The summed E-state index contributed by atoms with van der Waals surface area (Å²) < 4.78 is 4.56. The maximum atomic E-state index is 11.7. The van der Waals surface area contributed by atoms with Crippen LogP contribution in [0.4, 0.5) is 4.79 Å². The average molecular weight is 284 g/mol. The molecule has 7 heteroatoms. The van der Waals surface area contributed by atoms with E-state index in [1.165, 1.54) is 11.3 Å². The standard InChI is InChI=1S/C12H16N2O4S/c1-3-18-12(17)14-13-11(16)7-5-9(15)10-6-4-8(2)19-10/h4,6H,3,5,7H2,1-2H3,(H,13,16)(H,14,17). The molecule has 0 spiro atoms. The number of amides is 2. The van der Waals surface area contributed by atoms with Crippen LogP contribution in [-0.2, 0) is 9.53 Å². The lowest BCUT2D eigenvalue weighted by atomic mass is 10.2. The van der Waals surface area contributed by atoms with E-state index in [-0.39, 0.29) is 25.2 Å². The number of aryl methyl sites for hydroxylation is 1. The normalized spacial score (nSPS) is 9.79. The third-order valence-electron chi connectivity index (χ3n) is 2.17. The van der Waals surface area contributed by atoms with E-state index in [9.17, 15) is 14.4 Å². The summed E-state index contributed by atoms with van der Waals surface area (Å²) in [5.41, 5.74) is 4.25. The maximum absolute atomic E-state index is 11.7. The topological polar surface area (TPSA) is 84.5 Å². The molecule has 1 aromatic rings. The SMILES string of the molecule is CCOC(=O)NNC(=O)CCC(=O)c1ccc(C)s1. The number of nitrogens with one attached hydrogen (secondary N) is 2. The van der Waals surface area contributed by atoms with Gasteiger partial charge < -0.3 is 4.74 Å². The summed E-state index contributed by atoms with van der Waals surface area (Å²) in [7, 11) is 0. The summed E-state index contributed by atoms with van der Waals surface area (Å²) in [5.74, 6) is -0.515. The van der Waals surface area contributed by atoms with E-state index in [4.69, 9.17) is 0 Å². The molecule has 2 amide bonds. The predicted molar refractivity (Wildman–Crippen MR) is 70.9 cm³/mol. The van der Waals surface area contributed by atoms with Crippen molar-refractivity contribution < 1.29 is 19.1 Å². The molecule has 0 atom stereocenters. The molecule has 0 aliphatic carbocycles. The Kier molecular flexibility index (Phi) is 6.01. The monoisotopic (exact) mass is 284 g/mol. The second-order valence-corrected chi connectivity index (χ2v) is 5.02. The smallest absolute Gasteiger partial charge is 0.426 e. The number of hydrazine groups is 1. The Morgan fingerprint density at radius 1 is 1.21 bits per heavy atom. The van der Waals surface area contributed by atoms with Gasteiger partial charge in [0.05, 0.1) is 11.5 Å². The van der Waals surface area contributed by atoms with Gasteiger partial charge in [-0.1, -0.05) is 0 Å². The summed E-state index contributed by atoms with van der Waals surface area (Å²) >= 11 is 1.40. The Morgan fingerprint density at radius 3 is 2.53 bits per heavy atom. The number of carbonyl (C=O) groups excluding carboxylic acids is 3. The summed E-state index contributed by atoms with van der Waals surface area (Å²) in [6.45, 7) is 3.79. The van der Waals surface area contributed by atoms with Crippen molar-refractivity contribution in [2.24, 2.45) is 0 Å². The van der Waals surface area contributed by atoms with Crippen LogP contribution >= 0.6 is 11.3 Å². The molecule has 19 heavy (non-hydrogen) atoms. The third-order valence-corrected chi connectivity index (χ3v) is 3.22.